The molecular formula is C14H17Cl2N3O2. The molecule has 1 fully saturated rings. The lowest BCUT2D eigenvalue weighted by molar-refractivity contribution is -0.131. The Labute approximate surface area is 133 Å². The third kappa shape index (κ3) is 3.67. The number of carbonyl (C=O) groups excluding carboxylic acids is 2. The summed E-state index contributed by atoms with van der Waals surface area (Å²) in [5, 5.41) is 3.53. The molecule has 0 unspecified atom stereocenters. The molecule has 2 rings (SSSR count). The van der Waals surface area contributed by atoms with Crippen molar-refractivity contribution < 1.29 is 9.59 Å². The summed E-state index contributed by atoms with van der Waals surface area (Å²) < 4.78 is 0. The minimum atomic E-state index is -0.189. The lowest BCUT2D eigenvalue weighted by Gasteiger charge is -2.35. The van der Waals surface area contributed by atoms with Gasteiger partial charge in [-0.2, -0.15) is 0 Å². The largest absolute Gasteiger partial charge is 0.338 e. The van der Waals surface area contributed by atoms with Crippen LogP contribution in [0.4, 0.5) is 0 Å². The SMILES string of the molecule is CNCC(=O)N1CCN(C(=O)c2c(Cl)cccc2Cl)CC1. The molecule has 0 aromatic heterocycles. The fourth-order valence-electron chi connectivity index (χ4n) is 2.28. The van der Waals surface area contributed by atoms with Crippen LogP contribution in [-0.2, 0) is 4.79 Å². The molecule has 0 aliphatic carbocycles. The number of hydrogen-bond donors (Lipinski definition) is 1. The van der Waals surface area contributed by atoms with Crippen molar-refractivity contribution in [2.45, 2.75) is 0 Å². The normalized spacial score (nSPS) is 15.2. The van der Waals surface area contributed by atoms with E-state index in [9.17, 15) is 9.59 Å². The van der Waals surface area contributed by atoms with Gasteiger partial charge in [-0.1, -0.05) is 29.3 Å². The number of halogens is 2. The molecule has 1 aliphatic heterocycles. The van der Waals surface area contributed by atoms with E-state index in [2.05, 4.69) is 5.32 Å². The van der Waals surface area contributed by atoms with Crippen molar-refractivity contribution in [2.24, 2.45) is 0 Å². The van der Waals surface area contributed by atoms with Crippen molar-refractivity contribution in [3.63, 3.8) is 0 Å². The Morgan fingerprint density at radius 1 is 1.10 bits per heavy atom. The quantitative estimate of drug-likeness (QED) is 0.914. The second-order valence-electron chi connectivity index (χ2n) is 4.80. The summed E-state index contributed by atoms with van der Waals surface area (Å²) in [4.78, 5) is 27.7. The second kappa shape index (κ2) is 7.11. The minimum absolute atomic E-state index is 0.0420. The van der Waals surface area contributed by atoms with Crippen LogP contribution in [0.15, 0.2) is 18.2 Å². The number of hydrogen-bond acceptors (Lipinski definition) is 3. The summed E-state index contributed by atoms with van der Waals surface area (Å²) >= 11 is 12.1. The van der Waals surface area contributed by atoms with Crippen molar-refractivity contribution >= 4 is 35.0 Å². The van der Waals surface area contributed by atoms with Gasteiger partial charge in [-0.05, 0) is 19.2 Å². The van der Waals surface area contributed by atoms with Gasteiger partial charge in [0.2, 0.25) is 5.91 Å². The predicted molar refractivity (Wildman–Crippen MR) is 82.9 cm³/mol. The highest BCUT2D eigenvalue weighted by Gasteiger charge is 2.26. The zero-order valence-corrected chi connectivity index (χ0v) is 13.2. The first-order valence-electron chi connectivity index (χ1n) is 6.70. The topological polar surface area (TPSA) is 52.7 Å². The molecular weight excluding hydrogens is 313 g/mol. The Morgan fingerprint density at radius 2 is 1.62 bits per heavy atom. The lowest BCUT2D eigenvalue weighted by Crippen LogP contribution is -2.52. The van der Waals surface area contributed by atoms with Gasteiger partial charge in [0.1, 0.15) is 0 Å². The van der Waals surface area contributed by atoms with Gasteiger partial charge in [0, 0.05) is 26.2 Å². The summed E-state index contributed by atoms with van der Waals surface area (Å²) in [5.41, 5.74) is 0.329. The number of piperazine rings is 1. The molecule has 0 bridgehead atoms. The summed E-state index contributed by atoms with van der Waals surface area (Å²) in [7, 11) is 1.73. The van der Waals surface area contributed by atoms with E-state index in [1.807, 2.05) is 0 Å². The number of carbonyl (C=O) groups is 2. The van der Waals surface area contributed by atoms with Crippen molar-refractivity contribution in [3.8, 4) is 0 Å². The molecule has 1 N–H and O–H groups in total. The number of nitrogens with zero attached hydrogens (tertiary/aromatic N) is 2. The predicted octanol–water partition coefficient (Wildman–Crippen LogP) is 1.50. The Hall–Kier alpha value is -1.30. The van der Waals surface area contributed by atoms with Crippen LogP contribution in [0.25, 0.3) is 0 Å². The summed E-state index contributed by atoms with van der Waals surface area (Å²) in [5.74, 6) is -0.147. The fraction of sp³-hybridized carbons (Fsp3) is 0.429. The van der Waals surface area contributed by atoms with Gasteiger partial charge in [-0.25, -0.2) is 0 Å². The number of benzene rings is 1. The summed E-state index contributed by atoms with van der Waals surface area (Å²) in [6, 6.07) is 5.00. The fourth-order valence-corrected chi connectivity index (χ4v) is 2.84. The smallest absolute Gasteiger partial charge is 0.257 e. The Balaban J connectivity index is 2.02. The summed E-state index contributed by atoms with van der Waals surface area (Å²) in [6.45, 7) is 2.32. The maximum Gasteiger partial charge on any atom is 0.257 e. The first-order chi connectivity index (χ1) is 10.0. The van der Waals surface area contributed by atoms with Gasteiger partial charge in [-0.3, -0.25) is 9.59 Å². The first-order valence-corrected chi connectivity index (χ1v) is 7.46. The zero-order chi connectivity index (χ0) is 15.4. The van der Waals surface area contributed by atoms with Crippen LogP contribution in [0, 0.1) is 0 Å². The van der Waals surface area contributed by atoms with Crippen LogP contribution in [0.3, 0.4) is 0 Å². The average molecular weight is 330 g/mol. The molecule has 0 spiro atoms. The molecule has 1 aliphatic rings. The highest BCUT2D eigenvalue weighted by atomic mass is 35.5. The molecule has 1 aromatic carbocycles. The molecule has 1 heterocycles. The standard InChI is InChI=1S/C14H17Cl2N3O2/c1-17-9-12(20)18-5-7-19(8-6-18)14(21)13-10(15)3-2-4-11(13)16/h2-4,17H,5-9H2,1H3. The highest BCUT2D eigenvalue weighted by molar-refractivity contribution is 6.39. The van der Waals surface area contributed by atoms with E-state index in [1.165, 1.54) is 0 Å². The zero-order valence-electron chi connectivity index (χ0n) is 11.7. The van der Waals surface area contributed by atoms with Crippen LogP contribution in [-0.4, -0.2) is 61.4 Å². The molecule has 21 heavy (non-hydrogen) atoms. The van der Waals surface area contributed by atoms with Gasteiger partial charge < -0.3 is 15.1 Å². The van der Waals surface area contributed by atoms with Gasteiger partial charge in [0.25, 0.3) is 5.91 Å². The maximum atomic E-state index is 12.5. The van der Waals surface area contributed by atoms with Crippen molar-refractivity contribution in [2.75, 3.05) is 39.8 Å². The number of likely N-dealkylation sites (N-methyl/N-ethyl adjacent to an activating group) is 1. The van der Waals surface area contributed by atoms with Gasteiger partial charge in [0.15, 0.2) is 0 Å². The monoisotopic (exact) mass is 329 g/mol. The van der Waals surface area contributed by atoms with E-state index < -0.39 is 0 Å². The lowest BCUT2D eigenvalue weighted by atomic mass is 10.1. The van der Waals surface area contributed by atoms with Crippen LogP contribution in [0.5, 0.6) is 0 Å². The maximum absolute atomic E-state index is 12.5. The van der Waals surface area contributed by atoms with Crippen LogP contribution in [0.2, 0.25) is 10.0 Å². The number of amides is 2. The van der Waals surface area contributed by atoms with E-state index in [1.54, 1.807) is 35.0 Å². The molecule has 0 atom stereocenters. The van der Waals surface area contributed by atoms with Crippen LogP contribution < -0.4 is 5.32 Å². The summed E-state index contributed by atoms with van der Waals surface area (Å²) in [6.07, 6.45) is 0. The van der Waals surface area contributed by atoms with Crippen molar-refractivity contribution in [3.05, 3.63) is 33.8 Å². The third-order valence-corrected chi connectivity index (χ3v) is 4.05. The van der Waals surface area contributed by atoms with Crippen LogP contribution >= 0.6 is 23.2 Å². The molecule has 5 nitrogen and oxygen atoms in total. The molecule has 7 heteroatoms. The Bertz CT molecular complexity index is 523. The van der Waals surface area contributed by atoms with E-state index in [4.69, 9.17) is 23.2 Å². The Morgan fingerprint density at radius 3 is 2.14 bits per heavy atom. The third-order valence-electron chi connectivity index (χ3n) is 3.42. The van der Waals surface area contributed by atoms with Crippen LogP contribution in [0.1, 0.15) is 10.4 Å². The van der Waals surface area contributed by atoms with Crippen molar-refractivity contribution in [1.29, 1.82) is 0 Å². The molecule has 0 saturated carbocycles. The Kier molecular flexibility index (Phi) is 5.45. The molecule has 114 valence electrons. The van der Waals surface area contributed by atoms with E-state index in [-0.39, 0.29) is 11.8 Å². The first kappa shape index (κ1) is 16.1. The molecule has 0 radical (unpaired) electrons. The van der Waals surface area contributed by atoms with E-state index in [0.29, 0.717) is 48.3 Å². The molecule has 1 saturated heterocycles. The van der Waals surface area contributed by atoms with Crippen molar-refractivity contribution in [1.82, 2.24) is 15.1 Å². The molecule has 1 aromatic rings. The number of rotatable bonds is 3. The van der Waals surface area contributed by atoms with Gasteiger partial charge in [0.05, 0.1) is 22.2 Å². The van der Waals surface area contributed by atoms with Gasteiger partial charge >= 0.3 is 0 Å². The highest BCUT2D eigenvalue weighted by Crippen LogP contribution is 2.26. The average Bonchev–Trinajstić information content (AvgIpc) is 2.47. The molecule has 2 amide bonds. The van der Waals surface area contributed by atoms with E-state index in [0.717, 1.165) is 0 Å². The number of nitrogens with one attached hydrogen (secondary N) is 1. The van der Waals surface area contributed by atoms with Gasteiger partial charge in [-0.15, -0.1) is 0 Å². The second-order valence-corrected chi connectivity index (χ2v) is 5.61. The minimum Gasteiger partial charge on any atom is -0.338 e. The van der Waals surface area contributed by atoms with E-state index >= 15 is 0 Å².